The molecule has 1 N–H and O–H groups in total. The van der Waals surface area contributed by atoms with Crippen LogP contribution in [0.4, 0.5) is 5.69 Å². The van der Waals surface area contributed by atoms with E-state index in [4.69, 9.17) is 16.3 Å². The number of benzene rings is 3. The molecule has 1 aliphatic rings. The molecule has 168 valence electrons. The Morgan fingerprint density at radius 3 is 2.27 bits per heavy atom. The van der Waals surface area contributed by atoms with Crippen molar-refractivity contribution in [2.45, 2.75) is 25.8 Å². The standard InChI is InChI=1S/C27H24ClNO4/c1-16(2)17-9-12-20(13-10-17)29-24(18-7-5-4-6-8-18)23(26(31)27(29)32)25(30)19-11-14-21(28)22(15-19)33-3/h4-16,24,30H,1-3H3/b25-23-. The summed E-state index contributed by atoms with van der Waals surface area (Å²) in [5.74, 6) is -1.03. The summed E-state index contributed by atoms with van der Waals surface area (Å²) in [7, 11) is 1.47. The average Bonchev–Trinajstić information content (AvgIpc) is 3.10. The van der Waals surface area contributed by atoms with Gasteiger partial charge < -0.3 is 9.84 Å². The Hall–Kier alpha value is -3.57. The van der Waals surface area contributed by atoms with Gasteiger partial charge in [0, 0.05) is 11.3 Å². The van der Waals surface area contributed by atoms with Gasteiger partial charge in [0.1, 0.15) is 11.5 Å². The monoisotopic (exact) mass is 461 g/mol. The van der Waals surface area contributed by atoms with E-state index in [9.17, 15) is 14.7 Å². The van der Waals surface area contributed by atoms with Crippen molar-refractivity contribution in [1.29, 1.82) is 0 Å². The van der Waals surface area contributed by atoms with E-state index in [0.717, 1.165) is 5.56 Å². The van der Waals surface area contributed by atoms with Gasteiger partial charge in [0.25, 0.3) is 11.7 Å². The van der Waals surface area contributed by atoms with Crippen LogP contribution in [-0.2, 0) is 9.59 Å². The number of hydrogen-bond donors (Lipinski definition) is 1. The Labute approximate surface area is 197 Å². The first kappa shape index (κ1) is 22.6. The highest BCUT2D eigenvalue weighted by Gasteiger charge is 2.46. The minimum atomic E-state index is -0.780. The molecule has 1 atom stereocenters. The number of ketones is 1. The zero-order chi connectivity index (χ0) is 23.7. The van der Waals surface area contributed by atoms with Crippen LogP contribution in [0.5, 0.6) is 5.75 Å². The van der Waals surface area contributed by atoms with Gasteiger partial charge in [-0.2, -0.15) is 0 Å². The summed E-state index contributed by atoms with van der Waals surface area (Å²) in [6.07, 6.45) is 0. The number of nitrogens with zero attached hydrogens (tertiary/aromatic N) is 1. The SMILES string of the molecule is COc1cc(/C(O)=C2/C(=O)C(=O)N(c3ccc(C(C)C)cc3)C2c2ccccc2)ccc1Cl. The topological polar surface area (TPSA) is 66.8 Å². The summed E-state index contributed by atoms with van der Waals surface area (Å²) in [6.45, 7) is 4.18. The Morgan fingerprint density at radius 2 is 1.67 bits per heavy atom. The van der Waals surface area contributed by atoms with Gasteiger partial charge in [0.15, 0.2) is 0 Å². The van der Waals surface area contributed by atoms with Crippen molar-refractivity contribution in [3.63, 3.8) is 0 Å². The number of rotatable bonds is 5. The number of ether oxygens (including phenoxy) is 1. The molecule has 5 nitrogen and oxygen atoms in total. The number of aliphatic hydroxyl groups is 1. The van der Waals surface area contributed by atoms with E-state index in [1.807, 2.05) is 54.6 Å². The minimum absolute atomic E-state index is 0.0171. The molecule has 0 aromatic heterocycles. The number of amides is 1. The second-order valence-corrected chi connectivity index (χ2v) is 8.58. The number of methoxy groups -OCH3 is 1. The highest BCUT2D eigenvalue weighted by atomic mass is 35.5. The first-order valence-electron chi connectivity index (χ1n) is 10.6. The molecule has 1 fully saturated rings. The van der Waals surface area contributed by atoms with Gasteiger partial charge in [-0.25, -0.2) is 0 Å². The molecule has 4 rings (SSSR count). The van der Waals surface area contributed by atoms with Crippen molar-refractivity contribution >= 4 is 34.7 Å². The maximum absolute atomic E-state index is 13.2. The molecule has 0 spiro atoms. The van der Waals surface area contributed by atoms with Crippen LogP contribution in [0.2, 0.25) is 5.02 Å². The fourth-order valence-corrected chi connectivity index (χ4v) is 4.23. The predicted octanol–water partition coefficient (Wildman–Crippen LogP) is 6.10. The lowest BCUT2D eigenvalue weighted by Gasteiger charge is -2.26. The summed E-state index contributed by atoms with van der Waals surface area (Å²) in [6, 6.07) is 20.7. The van der Waals surface area contributed by atoms with Gasteiger partial charge in [-0.1, -0.05) is 67.9 Å². The summed E-state index contributed by atoms with van der Waals surface area (Å²) in [4.78, 5) is 27.9. The van der Waals surface area contributed by atoms with Crippen LogP contribution in [0.25, 0.3) is 5.76 Å². The zero-order valence-electron chi connectivity index (χ0n) is 18.6. The van der Waals surface area contributed by atoms with Gasteiger partial charge in [-0.3, -0.25) is 14.5 Å². The highest BCUT2D eigenvalue weighted by molar-refractivity contribution is 6.51. The molecule has 1 unspecified atom stereocenters. The lowest BCUT2D eigenvalue weighted by molar-refractivity contribution is -0.132. The van der Waals surface area contributed by atoms with Crippen molar-refractivity contribution in [3.8, 4) is 5.75 Å². The molecule has 33 heavy (non-hydrogen) atoms. The zero-order valence-corrected chi connectivity index (χ0v) is 19.3. The molecule has 0 radical (unpaired) electrons. The maximum atomic E-state index is 13.2. The number of halogens is 1. The van der Waals surface area contributed by atoms with Crippen molar-refractivity contribution in [2.75, 3.05) is 12.0 Å². The molecule has 6 heteroatoms. The third kappa shape index (κ3) is 4.12. The Bertz CT molecular complexity index is 1230. The van der Waals surface area contributed by atoms with Crippen LogP contribution < -0.4 is 9.64 Å². The molecule has 1 saturated heterocycles. The largest absolute Gasteiger partial charge is 0.507 e. The Kier molecular flexibility index (Phi) is 6.25. The third-order valence-electron chi connectivity index (χ3n) is 5.82. The lowest BCUT2D eigenvalue weighted by Crippen LogP contribution is -2.29. The van der Waals surface area contributed by atoms with E-state index in [1.54, 1.807) is 18.2 Å². The molecular weight excluding hydrogens is 438 g/mol. The van der Waals surface area contributed by atoms with Crippen molar-refractivity contribution in [1.82, 2.24) is 0 Å². The summed E-state index contributed by atoms with van der Waals surface area (Å²) in [5.41, 5.74) is 2.78. The fourth-order valence-electron chi connectivity index (χ4n) is 4.03. The maximum Gasteiger partial charge on any atom is 0.300 e. The highest BCUT2D eigenvalue weighted by Crippen LogP contribution is 2.42. The Morgan fingerprint density at radius 1 is 1.00 bits per heavy atom. The third-order valence-corrected chi connectivity index (χ3v) is 6.13. The summed E-state index contributed by atoms with van der Waals surface area (Å²) >= 11 is 6.12. The van der Waals surface area contributed by atoms with Gasteiger partial charge in [0.2, 0.25) is 0 Å². The van der Waals surface area contributed by atoms with E-state index in [-0.39, 0.29) is 11.3 Å². The van der Waals surface area contributed by atoms with Crippen molar-refractivity contribution < 1.29 is 19.4 Å². The van der Waals surface area contributed by atoms with E-state index in [0.29, 0.717) is 33.5 Å². The number of hydrogen-bond acceptors (Lipinski definition) is 4. The summed E-state index contributed by atoms with van der Waals surface area (Å²) in [5, 5.41) is 11.6. The van der Waals surface area contributed by atoms with Crippen LogP contribution in [0.1, 0.15) is 42.5 Å². The Balaban J connectivity index is 1.90. The second kappa shape index (κ2) is 9.12. The van der Waals surface area contributed by atoms with Crippen molar-refractivity contribution in [2.24, 2.45) is 0 Å². The van der Waals surface area contributed by atoms with Gasteiger partial charge in [0.05, 0.1) is 23.7 Å². The smallest absolute Gasteiger partial charge is 0.300 e. The molecule has 1 heterocycles. The molecule has 0 aliphatic carbocycles. The summed E-state index contributed by atoms with van der Waals surface area (Å²) < 4.78 is 5.25. The number of carbonyl (C=O) groups is 2. The van der Waals surface area contributed by atoms with Crippen LogP contribution in [0.15, 0.2) is 78.4 Å². The molecule has 1 amide bonds. The normalized spacial score (nSPS) is 17.6. The van der Waals surface area contributed by atoms with Crippen LogP contribution in [0, 0.1) is 0 Å². The average molecular weight is 462 g/mol. The number of anilines is 1. The molecule has 3 aromatic carbocycles. The predicted molar refractivity (Wildman–Crippen MR) is 130 cm³/mol. The van der Waals surface area contributed by atoms with Crippen LogP contribution in [0.3, 0.4) is 0 Å². The molecule has 1 aliphatic heterocycles. The number of Topliss-reactive ketones (excluding diaryl/α,β-unsaturated/α-hetero) is 1. The van der Waals surface area contributed by atoms with Gasteiger partial charge in [-0.05, 0) is 47.4 Å². The second-order valence-electron chi connectivity index (χ2n) is 8.18. The van der Waals surface area contributed by atoms with E-state index in [2.05, 4.69) is 13.8 Å². The van der Waals surface area contributed by atoms with Gasteiger partial charge in [-0.15, -0.1) is 0 Å². The number of aliphatic hydroxyl groups excluding tert-OH is 1. The minimum Gasteiger partial charge on any atom is -0.507 e. The molecule has 0 bridgehead atoms. The quantitative estimate of drug-likeness (QED) is 0.283. The lowest BCUT2D eigenvalue weighted by atomic mass is 9.95. The molecule has 0 saturated carbocycles. The van der Waals surface area contributed by atoms with E-state index < -0.39 is 17.7 Å². The van der Waals surface area contributed by atoms with Crippen LogP contribution in [-0.4, -0.2) is 23.9 Å². The first-order valence-corrected chi connectivity index (χ1v) is 11.0. The van der Waals surface area contributed by atoms with Crippen molar-refractivity contribution in [3.05, 3.63) is 100 Å². The molecular formula is C27H24ClNO4. The van der Waals surface area contributed by atoms with E-state index in [1.165, 1.54) is 12.0 Å². The van der Waals surface area contributed by atoms with Gasteiger partial charge >= 0.3 is 0 Å². The van der Waals surface area contributed by atoms with Crippen LogP contribution >= 0.6 is 11.6 Å². The molecule has 3 aromatic rings. The fraction of sp³-hybridized carbons (Fsp3) is 0.185. The first-order chi connectivity index (χ1) is 15.8. The van der Waals surface area contributed by atoms with E-state index >= 15 is 0 Å². The number of carbonyl (C=O) groups excluding carboxylic acids is 2.